The highest BCUT2D eigenvalue weighted by molar-refractivity contribution is 5.38. The van der Waals surface area contributed by atoms with Crippen LogP contribution in [0.1, 0.15) is 31.5 Å². The molecule has 0 aromatic carbocycles. The van der Waals surface area contributed by atoms with E-state index in [-0.39, 0.29) is 0 Å². The van der Waals surface area contributed by atoms with E-state index < -0.39 is 0 Å². The minimum Gasteiger partial charge on any atom is -0.372 e. The monoisotopic (exact) mass is 205 g/mol. The molecule has 1 aliphatic rings. The van der Waals surface area contributed by atoms with Gasteiger partial charge >= 0.3 is 0 Å². The van der Waals surface area contributed by atoms with Gasteiger partial charge in [0, 0.05) is 7.05 Å². The van der Waals surface area contributed by atoms with Crippen molar-refractivity contribution in [3.63, 3.8) is 0 Å². The Bertz CT molecular complexity index is 347. The molecule has 0 amide bonds. The molecule has 0 saturated carbocycles. The average molecular weight is 205 g/mol. The lowest BCUT2D eigenvalue weighted by atomic mass is 9.80. The quantitative estimate of drug-likeness (QED) is 0.805. The van der Waals surface area contributed by atoms with Crippen molar-refractivity contribution in [1.82, 2.24) is 10.2 Å². The van der Waals surface area contributed by atoms with Crippen molar-refractivity contribution in [2.24, 2.45) is 11.8 Å². The van der Waals surface area contributed by atoms with Crippen LogP contribution in [0.3, 0.4) is 0 Å². The molecule has 0 saturated heterocycles. The number of rotatable bonds is 2. The van der Waals surface area contributed by atoms with Crippen LogP contribution in [-0.4, -0.2) is 17.2 Å². The SMILES string of the molecule is CNc1cc2c(nn1)CCC(C(C)C)C2. The van der Waals surface area contributed by atoms with Crippen LogP contribution in [0, 0.1) is 11.8 Å². The molecule has 2 rings (SSSR count). The number of hydrogen-bond donors (Lipinski definition) is 1. The third kappa shape index (κ3) is 2.11. The molecule has 0 bridgehead atoms. The second-order valence-electron chi connectivity index (χ2n) is 4.70. The molecular weight excluding hydrogens is 186 g/mol. The molecule has 1 aromatic heterocycles. The van der Waals surface area contributed by atoms with Crippen molar-refractivity contribution in [2.45, 2.75) is 33.1 Å². The van der Waals surface area contributed by atoms with E-state index in [4.69, 9.17) is 0 Å². The third-order valence-corrected chi connectivity index (χ3v) is 3.39. The highest BCUT2D eigenvalue weighted by Crippen LogP contribution is 2.29. The number of nitrogens with zero attached hydrogens (tertiary/aromatic N) is 2. The van der Waals surface area contributed by atoms with E-state index in [1.54, 1.807) is 0 Å². The van der Waals surface area contributed by atoms with Gasteiger partial charge in [-0.25, -0.2) is 0 Å². The Labute approximate surface area is 91.3 Å². The molecule has 1 aromatic rings. The van der Waals surface area contributed by atoms with Crippen LogP contribution in [0.15, 0.2) is 6.07 Å². The molecule has 1 N–H and O–H groups in total. The average Bonchev–Trinajstić information content (AvgIpc) is 2.27. The summed E-state index contributed by atoms with van der Waals surface area (Å²) < 4.78 is 0. The number of aromatic nitrogens is 2. The predicted octanol–water partition coefficient (Wildman–Crippen LogP) is 2.28. The van der Waals surface area contributed by atoms with Crippen LogP contribution in [-0.2, 0) is 12.8 Å². The first-order valence-corrected chi connectivity index (χ1v) is 5.74. The summed E-state index contributed by atoms with van der Waals surface area (Å²) >= 11 is 0. The zero-order valence-corrected chi connectivity index (χ0v) is 9.75. The summed E-state index contributed by atoms with van der Waals surface area (Å²) in [4.78, 5) is 0. The van der Waals surface area contributed by atoms with E-state index in [0.29, 0.717) is 0 Å². The second kappa shape index (κ2) is 4.17. The van der Waals surface area contributed by atoms with Crippen LogP contribution in [0.4, 0.5) is 5.82 Å². The minimum absolute atomic E-state index is 0.768. The highest BCUT2D eigenvalue weighted by Gasteiger charge is 2.22. The lowest BCUT2D eigenvalue weighted by Gasteiger charge is -2.26. The Hall–Kier alpha value is -1.12. The molecule has 0 aliphatic heterocycles. The molecule has 1 aliphatic carbocycles. The largest absolute Gasteiger partial charge is 0.372 e. The van der Waals surface area contributed by atoms with Gasteiger partial charge in [0.1, 0.15) is 5.82 Å². The zero-order chi connectivity index (χ0) is 10.8. The van der Waals surface area contributed by atoms with Crippen LogP contribution in [0.2, 0.25) is 0 Å². The Morgan fingerprint density at radius 1 is 1.40 bits per heavy atom. The van der Waals surface area contributed by atoms with Crippen molar-refractivity contribution in [3.05, 3.63) is 17.3 Å². The smallest absolute Gasteiger partial charge is 0.148 e. The number of anilines is 1. The molecule has 3 nitrogen and oxygen atoms in total. The molecule has 15 heavy (non-hydrogen) atoms. The second-order valence-corrected chi connectivity index (χ2v) is 4.70. The first kappa shape index (κ1) is 10.4. The first-order valence-electron chi connectivity index (χ1n) is 5.74. The van der Waals surface area contributed by atoms with E-state index in [1.165, 1.54) is 17.7 Å². The maximum absolute atomic E-state index is 4.27. The van der Waals surface area contributed by atoms with Gasteiger partial charge in [0.2, 0.25) is 0 Å². The highest BCUT2D eigenvalue weighted by atomic mass is 15.2. The Morgan fingerprint density at radius 3 is 2.87 bits per heavy atom. The third-order valence-electron chi connectivity index (χ3n) is 3.39. The predicted molar refractivity (Wildman–Crippen MR) is 61.9 cm³/mol. The van der Waals surface area contributed by atoms with Gasteiger partial charge in [0.05, 0.1) is 5.69 Å². The summed E-state index contributed by atoms with van der Waals surface area (Å²) in [5.74, 6) is 2.47. The van der Waals surface area contributed by atoms with Gasteiger partial charge in [-0.2, -0.15) is 5.10 Å². The summed E-state index contributed by atoms with van der Waals surface area (Å²) in [6.07, 6.45) is 3.52. The number of nitrogens with one attached hydrogen (secondary N) is 1. The molecule has 1 unspecified atom stereocenters. The van der Waals surface area contributed by atoms with Crippen molar-refractivity contribution in [2.75, 3.05) is 12.4 Å². The summed E-state index contributed by atoms with van der Waals surface area (Å²) in [5.41, 5.74) is 2.59. The Kier molecular flexibility index (Phi) is 2.89. The van der Waals surface area contributed by atoms with Crippen LogP contribution >= 0.6 is 0 Å². The summed E-state index contributed by atoms with van der Waals surface area (Å²) in [7, 11) is 1.89. The van der Waals surface area contributed by atoms with Crippen molar-refractivity contribution >= 4 is 5.82 Å². The maximum atomic E-state index is 4.27. The topological polar surface area (TPSA) is 37.8 Å². The van der Waals surface area contributed by atoms with E-state index in [2.05, 4.69) is 35.4 Å². The molecule has 0 radical (unpaired) electrons. The van der Waals surface area contributed by atoms with Gasteiger partial charge in [-0.1, -0.05) is 13.8 Å². The van der Waals surface area contributed by atoms with Gasteiger partial charge in [-0.15, -0.1) is 5.10 Å². The first-order chi connectivity index (χ1) is 7.20. The molecule has 3 heteroatoms. The van der Waals surface area contributed by atoms with Crippen molar-refractivity contribution in [1.29, 1.82) is 0 Å². The lowest BCUT2D eigenvalue weighted by Crippen LogP contribution is -2.20. The van der Waals surface area contributed by atoms with Crippen LogP contribution in [0.5, 0.6) is 0 Å². The summed E-state index contributed by atoms with van der Waals surface area (Å²) in [5, 5.41) is 11.4. The standard InChI is InChI=1S/C12H19N3/c1-8(2)9-4-5-11-10(6-9)7-12(13-3)15-14-11/h7-9H,4-6H2,1-3H3,(H,13,15). The Morgan fingerprint density at radius 2 is 2.20 bits per heavy atom. The number of hydrogen-bond acceptors (Lipinski definition) is 3. The number of fused-ring (bicyclic) bond motifs is 1. The molecule has 0 spiro atoms. The van der Waals surface area contributed by atoms with Gasteiger partial charge < -0.3 is 5.32 Å². The fourth-order valence-corrected chi connectivity index (χ4v) is 2.24. The summed E-state index contributed by atoms with van der Waals surface area (Å²) in [6, 6.07) is 2.15. The van der Waals surface area contributed by atoms with E-state index in [0.717, 1.165) is 30.5 Å². The Balaban J connectivity index is 2.23. The minimum atomic E-state index is 0.768. The van der Waals surface area contributed by atoms with E-state index in [9.17, 15) is 0 Å². The van der Waals surface area contributed by atoms with E-state index in [1.807, 2.05) is 7.05 Å². The molecule has 1 heterocycles. The van der Waals surface area contributed by atoms with Crippen LogP contribution < -0.4 is 5.32 Å². The van der Waals surface area contributed by atoms with Gasteiger partial charge in [0.25, 0.3) is 0 Å². The van der Waals surface area contributed by atoms with Gasteiger partial charge in [-0.05, 0) is 42.7 Å². The van der Waals surface area contributed by atoms with E-state index >= 15 is 0 Å². The normalized spacial score (nSPS) is 20.1. The molecular formula is C12H19N3. The van der Waals surface area contributed by atoms with Gasteiger partial charge in [0.15, 0.2) is 0 Å². The molecule has 82 valence electrons. The molecule has 0 fully saturated rings. The summed E-state index contributed by atoms with van der Waals surface area (Å²) in [6.45, 7) is 4.62. The van der Waals surface area contributed by atoms with Crippen molar-refractivity contribution < 1.29 is 0 Å². The van der Waals surface area contributed by atoms with Crippen LogP contribution in [0.25, 0.3) is 0 Å². The lowest BCUT2D eigenvalue weighted by molar-refractivity contribution is 0.339. The van der Waals surface area contributed by atoms with Gasteiger partial charge in [-0.3, -0.25) is 0 Å². The fraction of sp³-hybridized carbons (Fsp3) is 0.667. The zero-order valence-electron chi connectivity index (χ0n) is 9.75. The van der Waals surface area contributed by atoms with Crippen molar-refractivity contribution in [3.8, 4) is 0 Å². The number of aryl methyl sites for hydroxylation is 1. The maximum Gasteiger partial charge on any atom is 0.148 e. The fourth-order valence-electron chi connectivity index (χ4n) is 2.24. The molecule has 1 atom stereocenters.